The Labute approximate surface area is 173 Å². The van der Waals surface area contributed by atoms with Crippen molar-refractivity contribution < 1.29 is 0 Å². The number of thioether (sulfide) groups is 1. The quantitative estimate of drug-likeness (QED) is 0.423. The van der Waals surface area contributed by atoms with E-state index in [-0.39, 0.29) is 5.41 Å². The monoisotopic (exact) mass is 415 g/mol. The van der Waals surface area contributed by atoms with Crippen LogP contribution in [0.5, 0.6) is 0 Å². The highest BCUT2D eigenvalue weighted by Gasteiger charge is 2.27. The number of hydrogen-bond donors (Lipinski definition) is 1. The summed E-state index contributed by atoms with van der Waals surface area (Å²) in [5.41, 5.74) is 10.8. The van der Waals surface area contributed by atoms with Gasteiger partial charge in [-0.05, 0) is 42.9 Å². The van der Waals surface area contributed by atoms with E-state index < -0.39 is 0 Å². The largest absolute Gasteiger partial charge is 0.382 e. The number of nitrogens with zero attached hydrogens (tertiary/aromatic N) is 6. The number of rotatable bonds is 5. The molecule has 0 aliphatic carbocycles. The van der Waals surface area contributed by atoms with Crippen LogP contribution in [0.3, 0.4) is 0 Å². The van der Waals surface area contributed by atoms with Crippen LogP contribution in [0.15, 0.2) is 32.8 Å². The molecular weight excluding hydrogens is 390 g/mol. The fraction of sp³-hybridized carbons (Fsp3) is 0.421. The molecule has 3 aromatic rings. The van der Waals surface area contributed by atoms with E-state index in [2.05, 4.69) is 80.2 Å². The van der Waals surface area contributed by atoms with Crippen molar-refractivity contribution in [2.24, 2.45) is 10.2 Å². The Balaban J connectivity index is 2.06. The first-order valence-corrected chi connectivity index (χ1v) is 10.8. The van der Waals surface area contributed by atoms with Crippen molar-refractivity contribution in [2.45, 2.75) is 51.3 Å². The lowest BCUT2D eigenvalue weighted by molar-refractivity contribution is 0.561. The third kappa shape index (κ3) is 4.41. The van der Waals surface area contributed by atoms with E-state index >= 15 is 0 Å². The van der Waals surface area contributed by atoms with Gasteiger partial charge in [0, 0.05) is 5.41 Å². The average molecular weight is 416 g/mol. The lowest BCUT2D eigenvalue weighted by atomic mass is 9.91. The Bertz CT molecular complexity index is 992. The number of anilines is 1. The third-order valence-electron chi connectivity index (χ3n) is 3.96. The van der Waals surface area contributed by atoms with Crippen LogP contribution in [0.4, 0.5) is 16.6 Å². The smallest absolute Gasteiger partial charge is 0.252 e. The number of nitrogens with two attached hydrogens (primary N) is 1. The van der Waals surface area contributed by atoms with Crippen LogP contribution in [0.2, 0.25) is 0 Å². The second-order valence-electron chi connectivity index (χ2n) is 7.57. The highest BCUT2D eigenvalue weighted by Crippen LogP contribution is 2.38. The molecule has 3 rings (SSSR count). The topological polar surface area (TPSA) is 94.3 Å². The number of benzene rings is 1. The Hall–Kier alpha value is -2.26. The highest BCUT2D eigenvalue weighted by atomic mass is 32.2. The van der Waals surface area contributed by atoms with Gasteiger partial charge in [-0.15, -0.1) is 20.4 Å². The number of aromatic nitrogens is 4. The van der Waals surface area contributed by atoms with Crippen molar-refractivity contribution in [3.63, 3.8) is 0 Å². The molecule has 0 saturated heterocycles. The molecule has 0 saturated carbocycles. The summed E-state index contributed by atoms with van der Waals surface area (Å²) < 4.78 is 2.62. The molecule has 2 heterocycles. The Morgan fingerprint density at radius 3 is 2.39 bits per heavy atom. The summed E-state index contributed by atoms with van der Waals surface area (Å²) in [5, 5.41) is 22.2. The predicted octanol–water partition coefficient (Wildman–Crippen LogP) is 5.75. The molecule has 1 aromatic carbocycles. The van der Waals surface area contributed by atoms with Crippen LogP contribution >= 0.6 is 23.1 Å². The zero-order chi connectivity index (χ0) is 20.5. The molecule has 0 amide bonds. The molecule has 0 bridgehead atoms. The summed E-state index contributed by atoms with van der Waals surface area (Å²) in [6.07, 6.45) is 0. The number of aryl methyl sites for hydroxylation is 2. The van der Waals surface area contributed by atoms with Crippen molar-refractivity contribution in [1.82, 2.24) is 20.0 Å². The first-order chi connectivity index (χ1) is 13.2. The van der Waals surface area contributed by atoms with Gasteiger partial charge in [0.15, 0.2) is 15.8 Å². The Morgan fingerprint density at radius 1 is 1.11 bits per heavy atom. The van der Waals surface area contributed by atoms with E-state index in [0.29, 0.717) is 16.6 Å². The zero-order valence-corrected chi connectivity index (χ0v) is 18.6. The van der Waals surface area contributed by atoms with Gasteiger partial charge in [-0.3, -0.25) is 0 Å². The fourth-order valence-corrected chi connectivity index (χ4v) is 4.37. The summed E-state index contributed by atoms with van der Waals surface area (Å²) in [6.45, 7) is 12.4. The lowest BCUT2D eigenvalue weighted by Crippen LogP contribution is -2.13. The van der Waals surface area contributed by atoms with E-state index in [1.165, 1.54) is 11.3 Å². The standard InChI is InChI=1S/C19H25N7S2/c1-7-27-18-24-23-17(28-18)22-21-14-15(19(4,5)6)25-26(16(14)20)13-9-11(2)8-12(3)10-13/h8-10H,7,20H2,1-6H3. The van der Waals surface area contributed by atoms with Crippen LogP contribution in [0, 0.1) is 13.8 Å². The summed E-state index contributed by atoms with van der Waals surface area (Å²) >= 11 is 3.05. The summed E-state index contributed by atoms with van der Waals surface area (Å²) in [7, 11) is 0. The van der Waals surface area contributed by atoms with Crippen molar-refractivity contribution >= 4 is 39.7 Å². The van der Waals surface area contributed by atoms with Gasteiger partial charge in [0.25, 0.3) is 5.13 Å². The summed E-state index contributed by atoms with van der Waals surface area (Å²) in [4.78, 5) is 0. The minimum atomic E-state index is -0.239. The van der Waals surface area contributed by atoms with Gasteiger partial charge < -0.3 is 5.73 Å². The minimum absolute atomic E-state index is 0.239. The fourth-order valence-electron chi connectivity index (χ4n) is 2.81. The molecule has 148 valence electrons. The van der Waals surface area contributed by atoms with Crippen LogP contribution in [-0.2, 0) is 5.41 Å². The lowest BCUT2D eigenvalue weighted by Gasteiger charge is -2.15. The molecule has 0 spiro atoms. The Morgan fingerprint density at radius 2 is 1.79 bits per heavy atom. The summed E-state index contributed by atoms with van der Waals surface area (Å²) in [6, 6.07) is 6.24. The number of azo groups is 1. The molecular formula is C19H25N7S2. The molecule has 0 radical (unpaired) electrons. The second-order valence-corrected chi connectivity index (χ2v) is 10.0. The van der Waals surface area contributed by atoms with Crippen LogP contribution in [0.1, 0.15) is 44.5 Å². The first-order valence-electron chi connectivity index (χ1n) is 9.04. The van der Waals surface area contributed by atoms with Crippen molar-refractivity contribution in [3.05, 3.63) is 35.0 Å². The van der Waals surface area contributed by atoms with Gasteiger partial charge in [-0.25, -0.2) is 4.68 Å². The van der Waals surface area contributed by atoms with Gasteiger partial charge in [-0.2, -0.15) is 5.10 Å². The normalized spacial score (nSPS) is 12.2. The van der Waals surface area contributed by atoms with Gasteiger partial charge in [-0.1, -0.05) is 56.9 Å². The molecule has 0 fully saturated rings. The predicted molar refractivity (Wildman–Crippen MR) is 117 cm³/mol. The van der Waals surface area contributed by atoms with Gasteiger partial charge in [0.05, 0.1) is 11.4 Å². The summed E-state index contributed by atoms with van der Waals surface area (Å²) in [5.74, 6) is 1.40. The van der Waals surface area contributed by atoms with E-state index in [4.69, 9.17) is 10.8 Å². The maximum Gasteiger partial charge on any atom is 0.252 e. The van der Waals surface area contributed by atoms with Gasteiger partial charge in [0.2, 0.25) is 0 Å². The van der Waals surface area contributed by atoms with Crippen LogP contribution in [-0.4, -0.2) is 25.7 Å². The molecule has 0 aliphatic heterocycles. The maximum absolute atomic E-state index is 6.46. The molecule has 0 aliphatic rings. The number of hydrogen-bond acceptors (Lipinski definition) is 8. The average Bonchev–Trinajstić information content (AvgIpc) is 3.16. The van der Waals surface area contributed by atoms with Crippen molar-refractivity contribution in [1.29, 1.82) is 0 Å². The molecule has 28 heavy (non-hydrogen) atoms. The van der Waals surface area contributed by atoms with Crippen LogP contribution in [0.25, 0.3) is 5.69 Å². The molecule has 2 aromatic heterocycles. The third-order valence-corrected chi connectivity index (χ3v) is 5.78. The Kier molecular flexibility index (Phi) is 5.85. The van der Waals surface area contributed by atoms with Gasteiger partial charge in [0.1, 0.15) is 0 Å². The van der Waals surface area contributed by atoms with Crippen molar-refractivity contribution in [3.8, 4) is 5.69 Å². The van der Waals surface area contributed by atoms with Crippen LogP contribution < -0.4 is 5.73 Å². The minimum Gasteiger partial charge on any atom is -0.382 e. The van der Waals surface area contributed by atoms with Gasteiger partial charge >= 0.3 is 0 Å². The highest BCUT2D eigenvalue weighted by molar-refractivity contribution is 8.01. The molecule has 9 heteroatoms. The molecule has 0 atom stereocenters. The number of nitrogen functional groups attached to an aromatic ring is 1. The van der Waals surface area contributed by atoms with E-state index in [1.807, 2.05) is 0 Å². The second kappa shape index (κ2) is 8.00. The maximum atomic E-state index is 6.46. The SMILES string of the molecule is CCSc1nnc(N=Nc2c(C(C)(C)C)nn(-c3cc(C)cc(C)c3)c2N)s1. The van der Waals surface area contributed by atoms with E-state index in [0.717, 1.165) is 32.6 Å². The molecule has 7 nitrogen and oxygen atoms in total. The van der Waals surface area contributed by atoms with Crippen molar-refractivity contribution in [2.75, 3.05) is 11.5 Å². The van der Waals surface area contributed by atoms with E-state index in [9.17, 15) is 0 Å². The van der Waals surface area contributed by atoms with E-state index in [1.54, 1.807) is 16.4 Å². The molecule has 2 N–H and O–H groups in total. The first kappa shape index (κ1) is 20.5. The zero-order valence-electron chi connectivity index (χ0n) is 17.0. The molecule has 0 unspecified atom stereocenters.